The van der Waals surface area contributed by atoms with Crippen molar-refractivity contribution in [1.82, 2.24) is 5.32 Å². The maximum atomic E-state index is 11.9. The molecule has 1 aromatic rings. The third-order valence-electron chi connectivity index (χ3n) is 3.82. The number of aliphatic hydroxyl groups excluding tert-OH is 1. The van der Waals surface area contributed by atoms with E-state index in [-0.39, 0.29) is 18.6 Å². The molecule has 2 rings (SSSR count). The highest BCUT2D eigenvalue weighted by atomic mass is 16.6. The van der Waals surface area contributed by atoms with Crippen LogP contribution in [0, 0.1) is 5.92 Å². The standard InChI is InChI=1S/C18H25NO5/c1-18(2,3)24-17(22)19-14-9-13(15(20)10-14)11-23-16(21)12-7-5-4-6-8-12/h4-8,13-15,20H,9-11H2,1-3H3,(H,19,22)/t13-,14-,15-/m1/s1. The van der Waals surface area contributed by atoms with Crippen molar-refractivity contribution in [1.29, 1.82) is 0 Å². The fraction of sp³-hybridized carbons (Fsp3) is 0.556. The molecule has 1 aromatic carbocycles. The van der Waals surface area contributed by atoms with E-state index in [9.17, 15) is 14.7 Å². The third kappa shape index (κ3) is 5.53. The number of benzene rings is 1. The van der Waals surface area contributed by atoms with Crippen LogP contribution >= 0.6 is 0 Å². The van der Waals surface area contributed by atoms with Crippen molar-refractivity contribution >= 4 is 12.1 Å². The highest BCUT2D eigenvalue weighted by molar-refractivity contribution is 5.89. The minimum absolute atomic E-state index is 0.126. The van der Waals surface area contributed by atoms with Gasteiger partial charge in [0.1, 0.15) is 5.60 Å². The van der Waals surface area contributed by atoms with Crippen LogP contribution in [-0.2, 0) is 9.47 Å². The Morgan fingerprint density at radius 1 is 1.21 bits per heavy atom. The molecule has 0 aliphatic heterocycles. The maximum absolute atomic E-state index is 11.9. The second-order valence-electron chi connectivity index (χ2n) is 7.11. The Morgan fingerprint density at radius 3 is 2.50 bits per heavy atom. The van der Waals surface area contributed by atoms with Crippen molar-refractivity contribution in [3.05, 3.63) is 35.9 Å². The normalized spacial score (nSPS) is 23.6. The molecule has 24 heavy (non-hydrogen) atoms. The van der Waals surface area contributed by atoms with Crippen LogP contribution in [-0.4, -0.2) is 41.5 Å². The van der Waals surface area contributed by atoms with E-state index in [4.69, 9.17) is 9.47 Å². The van der Waals surface area contributed by atoms with Gasteiger partial charge in [-0.25, -0.2) is 9.59 Å². The van der Waals surface area contributed by atoms with Crippen molar-refractivity contribution < 1.29 is 24.2 Å². The molecule has 1 fully saturated rings. The quantitative estimate of drug-likeness (QED) is 0.826. The predicted molar refractivity (Wildman–Crippen MR) is 88.6 cm³/mol. The number of rotatable bonds is 4. The number of esters is 1. The topological polar surface area (TPSA) is 84.9 Å². The summed E-state index contributed by atoms with van der Waals surface area (Å²) < 4.78 is 10.5. The highest BCUT2D eigenvalue weighted by Gasteiger charge is 2.35. The number of alkyl carbamates (subject to hydrolysis) is 1. The third-order valence-corrected chi connectivity index (χ3v) is 3.82. The Kier molecular flexibility index (Phi) is 5.83. The summed E-state index contributed by atoms with van der Waals surface area (Å²) in [7, 11) is 0. The van der Waals surface area contributed by atoms with Crippen molar-refractivity contribution in [3.63, 3.8) is 0 Å². The van der Waals surface area contributed by atoms with E-state index in [0.717, 1.165) is 0 Å². The molecule has 0 spiro atoms. The van der Waals surface area contributed by atoms with Crippen LogP contribution in [0.4, 0.5) is 4.79 Å². The average Bonchev–Trinajstić information content (AvgIpc) is 2.83. The molecule has 1 saturated carbocycles. The van der Waals surface area contributed by atoms with Gasteiger partial charge in [-0.05, 0) is 45.7 Å². The lowest BCUT2D eigenvalue weighted by Crippen LogP contribution is -2.38. The van der Waals surface area contributed by atoms with Crippen LogP contribution < -0.4 is 5.32 Å². The summed E-state index contributed by atoms with van der Waals surface area (Å²) in [6.45, 7) is 5.51. The van der Waals surface area contributed by atoms with Gasteiger partial charge in [0, 0.05) is 12.0 Å². The summed E-state index contributed by atoms with van der Waals surface area (Å²) in [4.78, 5) is 23.7. The lowest BCUT2D eigenvalue weighted by molar-refractivity contribution is 0.0302. The van der Waals surface area contributed by atoms with E-state index >= 15 is 0 Å². The second kappa shape index (κ2) is 7.66. The smallest absolute Gasteiger partial charge is 0.407 e. The van der Waals surface area contributed by atoms with Gasteiger partial charge in [0.05, 0.1) is 18.3 Å². The zero-order valence-electron chi connectivity index (χ0n) is 14.3. The number of amides is 1. The average molecular weight is 335 g/mol. The number of nitrogens with one attached hydrogen (secondary N) is 1. The molecule has 6 nitrogen and oxygen atoms in total. The SMILES string of the molecule is CC(C)(C)OC(=O)N[C@@H]1C[C@H](COC(=O)c2ccccc2)[C@H](O)C1. The van der Waals surface area contributed by atoms with E-state index in [1.54, 1.807) is 45.0 Å². The van der Waals surface area contributed by atoms with Crippen LogP contribution in [0.25, 0.3) is 0 Å². The Bertz CT molecular complexity index is 567. The fourth-order valence-corrected chi connectivity index (χ4v) is 2.71. The molecule has 0 saturated heterocycles. The van der Waals surface area contributed by atoms with Gasteiger partial charge >= 0.3 is 12.1 Å². The zero-order valence-corrected chi connectivity index (χ0v) is 14.3. The lowest BCUT2D eigenvalue weighted by atomic mass is 10.1. The van der Waals surface area contributed by atoms with Crippen molar-refractivity contribution in [2.45, 2.75) is 51.4 Å². The number of hydrogen-bond acceptors (Lipinski definition) is 5. The first-order valence-electron chi connectivity index (χ1n) is 8.14. The van der Waals surface area contributed by atoms with Gasteiger partial charge in [0.15, 0.2) is 0 Å². The number of aliphatic hydroxyl groups is 1. The molecule has 1 amide bonds. The minimum atomic E-state index is -0.617. The van der Waals surface area contributed by atoms with Gasteiger partial charge in [-0.15, -0.1) is 0 Å². The van der Waals surface area contributed by atoms with Gasteiger partial charge in [0.2, 0.25) is 0 Å². The first-order valence-corrected chi connectivity index (χ1v) is 8.14. The largest absolute Gasteiger partial charge is 0.462 e. The summed E-state index contributed by atoms with van der Waals surface area (Å²) in [5.41, 5.74) is -0.0836. The van der Waals surface area contributed by atoms with E-state index in [0.29, 0.717) is 18.4 Å². The highest BCUT2D eigenvalue weighted by Crippen LogP contribution is 2.27. The van der Waals surface area contributed by atoms with Crippen LogP contribution in [0.5, 0.6) is 0 Å². The lowest BCUT2D eigenvalue weighted by Gasteiger charge is -2.21. The molecule has 132 valence electrons. The van der Waals surface area contributed by atoms with Crippen molar-refractivity contribution in [2.75, 3.05) is 6.61 Å². The van der Waals surface area contributed by atoms with Crippen LogP contribution in [0.15, 0.2) is 30.3 Å². The van der Waals surface area contributed by atoms with Crippen LogP contribution in [0.3, 0.4) is 0 Å². The Balaban J connectivity index is 1.79. The van der Waals surface area contributed by atoms with E-state index < -0.39 is 23.8 Å². The number of carbonyl (C=O) groups excluding carboxylic acids is 2. The van der Waals surface area contributed by atoms with Gasteiger partial charge in [0.25, 0.3) is 0 Å². The Hall–Kier alpha value is -2.08. The molecule has 6 heteroatoms. The molecule has 3 atom stereocenters. The molecular weight excluding hydrogens is 310 g/mol. The first kappa shape index (κ1) is 18.3. The van der Waals surface area contributed by atoms with Crippen molar-refractivity contribution in [2.24, 2.45) is 5.92 Å². The predicted octanol–water partition coefficient (Wildman–Crippen LogP) is 2.51. The molecule has 0 aromatic heterocycles. The molecule has 0 bridgehead atoms. The van der Waals surface area contributed by atoms with Gasteiger partial charge < -0.3 is 19.9 Å². The Labute approximate surface area is 142 Å². The number of hydrogen-bond donors (Lipinski definition) is 2. The molecule has 2 N–H and O–H groups in total. The molecule has 0 radical (unpaired) electrons. The molecule has 0 heterocycles. The second-order valence-corrected chi connectivity index (χ2v) is 7.11. The zero-order chi connectivity index (χ0) is 17.7. The Morgan fingerprint density at radius 2 is 1.88 bits per heavy atom. The molecule has 1 aliphatic rings. The van der Waals surface area contributed by atoms with Crippen molar-refractivity contribution in [3.8, 4) is 0 Å². The van der Waals surface area contributed by atoms with Gasteiger partial charge in [-0.2, -0.15) is 0 Å². The molecular formula is C18H25NO5. The minimum Gasteiger partial charge on any atom is -0.462 e. The molecule has 0 unspecified atom stereocenters. The van der Waals surface area contributed by atoms with Gasteiger partial charge in [-0.3, -0.25) is 0 Å². The first-order chi connectivity index (χ1) is 11.2. The summed E-state index contributed by atoms with van der Waals surface area (Å²) in [5, 5.41) is 12.9. The van der Waals surface area contributed by atoms with E-state index in [1.165, 1.54) is 0 Å². The van der Waals surface area contributed by atoms with Crippen LogP contribution in [0.2, 0.25) is 0 Å². The fourth-order valence-electron chi connectivity index (χ4n) is 2.71. The van der Waals surface area contributed by atoms with E-state index in [1.807, 2.05) is 6.07 Å². The molecule has 1 aliphatic carbocycles. The maximum Gasteiger partial charge on any atom is 0.407 e. The van der Waals surface area contributed by atoms with E-state index in [2.05, 4.69) is 5.32 Å². The summed E-state index contributed by atoms with van der Waals surface area (Å²) >= 11 is 0. The summed E-state index contributed by atoms with van der Waals surface area (Å²) in [6.07, 6.45) is -0.148. The summed E-state index contributed by atoms with van der Waals surface area (Å²) in [5.74, 6) is -0.607. The monoisotopic (exact) mass is 335 g/mol. The summed E-state index contributed by atoms with van der Waals surface area (Å²) in [6, 6.07) is 8.53. The number of ether oxygens (including phenoxy) is 2. The van der Waals surface area contributed by atoms with Crippen LogP contribution in [0.1, 0.15) is 44.0 Å². The number of carbonyl (C=O) groups is 2. The van der Waals surface area contributed by atoms with Gasteiger partial charge in [-0.1, -0.05) is 18.2 Å².